The Labute approximate surface area is 386 Å². The van der Waals surface area contributed by atoms with Crippen LogP contribution in [0.4, 0.5) is 0 Å². The van der Waals surface area contributed by atoms with Crippen LogP contribution < -0.4 is 4.57 Å². The predicted octanol–water partition coefficient (Wildman–Crippen LogP) is 14.0. The van der Waals surface area contributed by atoms with Crippen molar-refractivity contribution in [3.63, 3.8) is 0 Å². The summed E-state index contributed by atoms with van der Waals surface area (Å²) in [6.07, 6.45) is 2.90. The van der Waals surface area contributed by atoms with Gasteiger partial charge in [-0.2, -0.15) is 0 Å². The summed E-state index contributed by atoms with van der Waals surface area (Å²) in [4.78, 5) is 4.76. The molecule has 0 radical (unpaired) electrons. The van der Waals surface area contributed by atoms with E-state index < -0.39 is 72.2 Å². The first kappa shape index (κ1) is 25.7. The maximum atomic E-state index is 10.1. The topological polar surface area (TPSA) is 26.6 Å². The van der Waals surface area contributed by atoms with Gasteiger partial charge in [-0.3, -0.25) is 13.7 Å². The van der Waals surface area contributed by atoms with Gasteiger partial charge in [0.15, 0.2) is 0 Å². The molecule has 0 unspecified atom stereocenters. The lowest BCUT2D eigenvalue weighted by molar-refractivity contribution is -0.571. The molecule has 0 bridgehead atoms. The molecule has 62 heavy (non-hydrogen) atoms. The fourth-order valence-corrected chi connectivity index (χ4v) is 8.01. The predicted molar refractivity (Wildman–Crippen MR) is 258 cm³/mol. The molecule has 0 N–H and O–H groups in total. The summed E-state index contributed by atoms with van der Waals surface area (Å²) in [7, 11) is 0. The SMILES string of the molecule is [2H]c1c([2H])c([2H])c(-c2cccc(-c3c([2H])c([2H])c([2H])c([2H])c3[2H])c2-[n+]2[c-]n(-c3cc(C(C)(C)C)cc(C([2H])([2H])c4ccc5c6c([2H])c(C)c([2H])c([2H])c6n(-c6cc(C(C)(C)C)ccn6)c5c4)c3)c3ccccc32)c([2H])c1[2H]. The van der Waals surface area contributed by atoms with Crippen LogP contribution in [0.25, 0.3) is 72.3 Å². The van der Waals surface area contributed by atoms with Crippen LogP contribution in [-0.4, -0.2) is 14.1 Å². The summed E-state index contributed by atoms with van der Waals surface area (Å²) in [6.45, 7) is 13.9. The number of fused-ring (bicyclic) bond motifs is 4. The summed E-state index contributed by atoms with van der Waals surface area (Å²) in [5.41, 5.74) is 3.93. The zero-order chi connectivity index (χ0) is 55.9. The van der Waals surface area contributed by atoms with E-state index in [1.54, 1.807) is 81.4 Å². The van der Waals surface area contributed by atoms with Crippen LogP contribution >= 0.6 is 0 Å². The lowest BCUT2D eigenvalue weighted by atomic mass is 9.85. The van der Waals surface area contributed by atoms with Crippen molar-refractivity contribution in [1.29, 1.82) is 0 Å². The van der Waals surface area contributed by atoms with E-state index in [1.165, 1.54) is 6.07 Å². The molecule has 3 heterocycles. The third-order valence-electron chi connectivity index (χ3n) is 11.2. The molecule has 0 saturated carbocycles. The van der Waals surface area contributed by atoms with Gasteiger partial charge in [-0.25, -0.2) is 4.98 Å². The minimum absolute atomic E-state index is 0.0800. The van der Waals surface area contributed by atoms with Gasteiger partial charge in [0.2, 0.25) is 0 Å². The lowest BCUT2D eigenvalue weighted by Gasteiger charge is -2.22. The standard InChI is InChI=1S/C58H52N4/c1-39-25-28-51-50(31-39)49-27-26-40(35-54(49)62(51)55-37-44(29-30-59-55)57(2,3)4)32-41-33-45(58(5,6)7)36-46(34-41)60-38-61(53-24-15-14-23-52(53)60)56-47(42-17-10-8-11-18-42)21-16-22-48(56)43-19-12-9-13-20-43/h8-31,33-37H,32H2,1-7H3/i8D,9D,10D,11D,12D,13D,17D,18D,19D,20D,25D,28D,31D,32D2. The number of imidazole rings is 1. The highest BCUT2D eigenvalue weighted by atomic mass is 15.1. The average Bonchev–Trinajstić information content (AvgIpc) is 4.05. The number of nitrogens with zero attached hydrogens (tertiary/aromatic N) is 4. The molecule has 7 aromatic carbocycles. The Bertz CT molecular complexity index is 4020. The van der Waals surface area contributed by atoms with Crippen LogP contribution in [0.15, 0.2) is 176 Å². The molecule has 0 aliphatic rings. The van der Waals surface area contributed by atoms with Crippen molar-refractivity contribution in [1.82, 2.24) is 14.1 Å². The van der Waals surface area contributed by atoms with Crippen LogP contribution in [0.2, 0.25) is 0 Å². The maximum absolute atomic E-state index is 10.1. The molecule has 4 heteroatoms. The van der Waals surface area contributed by atoms with E-state index in [1.807, 2.05) is 51.1 Å². The smallest absolute Gasteiger partial charge is 0.269 e. The fraction of sp³-hybridized carbons (Fsp3) is 0.172. The van der Waals surface area contributed by atoms with Crippen molar-refractivity contribution in [2.24, 2.45) is 0 Å². The summed E-state index contributed by atoms with van der Waals surface area (Å²) < 4.78 is 140. The van der Waals surface area contributed by atoms with E-state index >= 15 is 0 Å². The number of para-hydroxylation sites is 3. The van der Waals surface area contributed by atoms with Gasteiger partial charge in [0.1, 0.15) is 5.82 Å². The summed E-state index contributed by atoms with van der Waals surface area (Å²) in [6, 6.07) is 20.6. The highest BCUT2D eigenvalue weighted by molar-refractivity contribution is 6.09. The first-order valence-electron chi connectivity index (χ1n) is 28.0. The molecule has 10 aromatic rings. The fourth-order valence-electron chi connectivity index (χ4n) is 8.01. The molecule has 4 nitrogen and oxygen atoms in total. The van der Waals surface area contributed by atoms with Crippen molar-refractivity contribution in [3.8, 4) is 39.4 Å². The Kier molecular flexibility index (Phi) is 6.27. The number of rotatable bonds is 7. The molecule has 0 spiro atoms. The first-order chi connectivity index (χ1) is 36.1. The van der Waals surface area contributed by atoms with Crippen LogP contribution in [0.5, 0.6) is 0 Å². The highest BCUT2D eigenvalue weighted by Gasteiger charge is 2.23. The molecule has 0 atom stereocenters. The summed E-state index contributed by atoms with van der Waals surface area (Å²) in [5, 5.41) is 1.05. The normalized spacial score (nSPS) is 15.8. The Morgan fingerprint density at radius 2 is 1.32 bits per heavy atom. The summed E-state index contributed by atoms with van der Waals surface area (Å²) >= 11 is 0. The Balaban J connectivity index is 1.25. The highest BCUT2D eigenvalue weighted by Crippen LogP contribution is 2.37. The minimum atomic E-state index is -2.23. The van der Waals surface area contributed by atoms with Crippen LogP contribution in [0.1, 0.15) is 89.9 Å². The number of hydrogen-bond donors (Lipinski definition) is 0. The maximum Gasteiger partial charge on any atom is 0.269 e. The number of pyridine rings is 1. The van der Waals surface area contributed by atoms with Gasteiger partial charge in [-0.05, 0) is 111 Å². The van der Waals surface area contributed by atoms with Gasteiger partial charge >= 0.3 is 0 Å². The second kappa shape index (κ2) is 15.1. The van der Waals surface area contributed by atoms with E-state index in [-0.39, 0.29) is 62.6 Å². The van der Waals surface area contributed by atoms with Gasteiger partial charge in [-0.15, -0.1) is 0 Å². The Morgan fingerprint density at radius 1 is 0.629 bits per heavy atom. The molecule has 0 aliphatic carbocycles. The molecular formula is C58H52N4. The largest absolute Gasteiger partial charge is 0.294 e. The van der Waals surface area contributed by atoms with E-state index in [0.29, 0.717) is 49.9 Å². The second-order valence-electron chi connectivity index (χ2n) is 17.5. The van der Waals surface area contributed by atoms with Crippen LogP contribution in [0.3, 0.4) is 0 Å². The van der Waals surface area contributed by atoms with E-state index in [9.17, 15) is 5.48 Å². The monoisotopic (exact) mass is 820 g/mol. The van der Waals surface area contributed by atoms with Crippen LogP contribution in [0, 0.1) is 13.3 Å². The molecule has 304 valence electrons. The second-order valence-corrected chi connectivity index (χ2v) is 17.5. The number of hydrogen-bond acceptors (Lipinski definition) is 1. The quantitative estimate of drug-likeness (QED) is 0.116. The molecule has 0 saturated heterocycles. The van der Waals surface area contributed by atoms with Crippen molar-refractivity contribution in [3.05, 3.63) is 210 Å². The first-order valence-corrected chi connectivity index (χ1v) is 20.5. The van der Waals surface area contributed by atoms with Gasteiger partial charge in [-0.1, -0.05) is 174 Å². The summed E-state index contributed by atoms with van der Waals surface area (Å²) in [5.74, 6) is 0.453. The minimum Gasteiger partial charge on any atom is -0.294 e. The van der Waals surface area contributed by atoms with Crippen molar-refractivity contribution >= 4 is 32.8 Å². The Hall–Kier alpha value is -7.04. The van der Waals surface area contributed by atoms with Crippen molar-refractivity contribution in [2.45, 2.75) is 65.7 Å². The van der Waals surface area contributed by atoms with Crippen molar-refractivity contribution < 1.29 is 25.1 Å². The molecule has 0 aliphatic heterocycles. The average molecular weight is 820 g/mol. The molecular weight excluding hydrogens is 753 g/mol. The molecule has 0 amide bonds. The van der Waals surface area contributed by atoms with E-state index in [2.05, 4.69) is 27.1 Å². The van der Waals surface area contributed by atoms with Gasteiger partial charge in [0.05, 0.1) is 51.3 Å². The van der Waals surface area contributed by atoms with Crippen molar-refractivity contribution in [2.75, 3.05) is 0 Å². The molecule has 3 aromatic heterocycles. The zero-order valence-electron chi connectivity index (χ0n) is 50.5. The van der Waals surface area contributed by atoms with Gasteiger partial charge < -0.3 is 0 Å². The number of benzene rings is 7. The van der Waals surface area contributed by atoms with Gasteiger partial charge in [0, 0.05) is 19.7 Å². The molecule has 10 rings (SSSR count). The number of aromatic nitrogens is 4. The zero-order valence-corrected chi connectivity index (χ0v) is 35.5. The molecule has 0 fully saturated rings. The van der Waals surface area contributed by atoms with Gasteiger partial charge in [0.25, 0.3) is 6.33 Å². The Morgan fingerprint density at radius 3 is 2.02 bits per heavy atom. The third kappa shape index (κ3) is 7.10. The lowest BCUT2D eigenvalue weighted by Crippen LogP contribution is -2.31. The van der Waals surface area contributed by atoms with E-state index in [0.717, 1.165) is 11.1 Å². The van der Waals surface area contributed by atoms with Crippen LogP contribution in [-0.2, 0) is 17.2 Å². The van der Waals surface area contributed by atoms with E-state index in [4.69, 9.17) is 20.1 Å². The third-order valence-corrected chi connectivity index (χ3v) is 11.2.